The van der Waals surface area contributed by atoms with Crippen LogP contribution < -0.4 is 18.5 Å². The highest BCUT2D eigenvalue weighted by Crippen LogP contribution is 2.32. The van der Waals surface area contributed by atoms with Crippen LogP contribution in [0.5, 0.6) is 17.2 Å². The van der Waals surface area contributed by atoms with Gasteiger partial charge in [0.25, 0.3) is 10.0 Å². The van der Waals surface area contributed by atoms with Crippen molar-refractivity contribution in [2.24, 2.45) is 0 Å². The Morgan fingerprint density at radius 2 is 1.46 bits per heavy atom. The first-order chi connectivity index (χ1) is 16.7. The zero-order valence-corrected chi connectivity index (χ0v) is 21.3. The molecule has 9 heteroatoms. The molecule has 0 radical (unpaired) electrons. The number of rotatable bonds is 10. The molecule has 3 aromatic carbocycles. The van der Waals surface area contributed by atoms with Crippen molar-refractivity contribution in [3.8, 4) is 17.2 Å². The molecule has 0 bridgehead atoms. The lowest BCUT2D eigenvalue weighted by atomic mass is 10.2. The lowest BCUT2D eigenvalue weighted by Crippen LogP contribution is -2.41. The second-order valence-electron chi connectivity index (χ2n) is 7.93. The van der Waals surface area contributed by atoms with Crippen molar-refractivity contribution in [1.29, 1.82) is 0 Å². The molecule has 0 aromatic heterocycles. The molecule has 8 nitrogen and oxygen atoms in total. The predicted molar refractivity (Wildman–Crippen MR) is 135 cm³/mol. The summed E-state index contributed by atoms with van der Waals surface area (Å²) in [5.41, 5.74) is 2.16. The Kier molecular flexibility index (Phi) is 8.24. The number of likely N-dealkylation sites (N-methyl/N-ethyl adjacent to an activating group) is 1. The van der Waals surface area contributed by atoms with Crippen LogP contribution in [0.3, 0.4) is 0 Å². The third-order valence-corrected chi connectivity index (χ3v) is 7.34. The third kappa shape index (κ3) is 5.86. The van der Waals surface area contributed by atoms with Gasteiger partial charge >= 0.3 is 0 Å². The zero-order chi connectivity index (χ0) is 25.6. The summed E-state index contributed by atoms with van der Waals surface area (Å²) < 4.78 is 44.5. The van der Waals surface area contributed by atoms with Gasteiger partial charge in [0.05, 0.1) is 31.9 Å². The van der Waals surface area contributed by atoms with Gasteiger partial charge in [-0.1, -0.05) is 35.9 Å². The molecule has 3 aromatic rings. The summed E-state index contributed by atoms with van der Waals surface area (Å²) in [7, 11) is 1.99. The second-order valence-corrected chi connectivity index (χ2v) is 9.79. The van der Waals surface area contributed by atoms with E-state index in [4.69, 9.17) is 14.2 Å². The number of carbonyl (C=O) groups is 1. The fourth-order valence-corrected chi connectivity index (χ4v) is 4.98. The number of carbonyl (C=O) groups excluding carboxylic acids is 1. The summed E-state index contributed by atoms with van der Waals surface area (Å²) in [6.45, 7) is 1.79. The zero-order valence-electron chi connectivity index (χ0n) is 20.5. The number of aryl methyl sites for hydroxylation is 1. The summed E-state index contributed by atoms with van der Waals surface area (Å²) in [6, 6.07) is 18.7. The van der Waals surface area contributed by atoms with Crippen molar-refractivity contribution in [3.05, 3.63) is 77.9 Å². The maximum Gasteiger partial charge on any atom is 0.264 e. The molecular formula is C26H30N2O6S. The molecule has 1 amide bonds. The fourth-order valence-electron chi connectivity index (χ4n) is 3.55. The van der Waals surface area contributed by atoms with Crippen LogP contribution in [0.2, 0.25) is 0 Å². The van der Waals surface area contributed by atoms with Gasteiger partial charge in [-0.2, -0.15) is 0 Å². The molecule has 0 aliphatic rings. The smallest absolute Gasteiger partial charge is 0.264 e. The molecule has 0 saturated heterocycles. The summed E-state index contributed by atoms with van der Waals surface area (Å²) in [5.74, 6) is 0.957. The Bertz CT molecular complexity index is 1280. The average Bonchev–Trinajstić information content (AvgIpc) is 2.87. The number of methoxy groups -OCH3 is 3. The number of anilines is 1. The first-order valence-corrected chi connectivity index (χ1v) is 12.3. The van der Waals surface area contributed by atoms with E-state index in [0.717, 1.165) is 15.4 Å². The number of sulfonamides is 1. The molecule has 0 atom stereocenters. The third-order valence-electron chi connectivity index (χ3n) is 5.57. The van der Waals surface area contributed by atoms with Gasteiger partial charge in [-0.05, 0) is 37.3 Å². The van der Waals surface area contributed by atoms with Gasteiger partial charge in [0.15, 0.2) is 11.5 Å². The maximum absolute atomic E-state index is 13.7. The summed E-state index contributed by atoms with van der Waals surface area (Å²) in [4.78, 5) is 14.7. The Morgan fingerprint density at radius 3 is 2.09 bits per heavy atom. The SMILES string of the molecule is COc1ccccc1CN(C)C(=O)CN(c1ccc(C)cc1)S(=O)(=O)c1ccc(OC)c(OC)c1. The van der Waals surface area contributed by atoms with E-state index in [1.54, 1.807) is 38.4 Å². The Balaban J connectivity index is 1.96. The summed E-state index contributed by atoms with van der Waals surface area (Å²) in [5, 5.41) is 0. The van der Waals surface area contributed by atoms with Gasteiger partial charge in [0.1, 0.15) is 12.3 Å². The highest BCUT2D eigenvalue weighted by Gasteiger charge is 2.29. The van der Waals surface area contributed by atoms with Crippen molar-refractivity contribution in [2.75, 3.05) is 39.2 Å². The van der Waals surface area contributed by atoms with Gasteiger partial charge < -0.3 is 19.1 Å². The van der Waals surface area contributed by atoms with Gasteiger partial charge in [-0.15, -0.1) is 0 Å². The van der Waals surface area contributed by atoms with Crippen LogP contribution >= 0.6 is 0 Å². The molecule has 0 unspecified atom stereocenters. The normalized spacial score (nSPS) is 11.0. The molecule has 0 N–H and O–H groups in total. The van der Waals surface area contributed by atoms with E-state index < -0.39 is 10.0 Å². The van der Waals surface area contributed by atoms with E-state index in [1.807, 2.05) is 31.2 Å². The number of ether oxygens (including phenoxy) is 3. The van der Waals surface area contributed by atoms with Crippen LogP contribution in [0.25, 0.3) is 0 Å². The topological polar surface area (TPSA) is 85.4 Å². The van der Waals surface area contributed by atoms with Crippen LogP contribution in [0.4, 0.5) is 5.69 Å². The highest BCUT2D eigenvalue weighted by atomic mass is 32.2. The minimum Gasteiger partial charge on any atom is -0.496 e. The standard InChI is InChI=1S/C26H30N2O6S/c1-19-10-12-21(13-11-19)28(35(30,31)22-14-15-24(33-4)25(16-22)34-5)18-26(29)27(2)17-20-8-6-7-9-23(20)32-3/h6-16H,17-18H2,1-5H3. The van der Waals surface area contributed by atoms with Crippen LogP contribution in [-0.4, -0.2) is 54.1 Å². The molecule has 0 heterocycles. The second kappa shape index (κ2) is 11.1. The van der Waals surface area contributed by atoms with E-state index >= 15 is 0 Å². The predicted octanol–water partition coefficient (Wildman–Crippen LogP) is 3.87. The van der Waals surface area contributed by atoms with E-state index in [-0.39, 0.29) is 29.6 Å². The average molecular weight is 499 g/mol. The summed E-state index contributed by atoms with van der Waals surface area (Å²) in [6.07, 6.45) is 0. The molecule has 186 valence electrons. The molecule has 3 rings (SSSR count). The van der Waals surface area contributed by atoms with Crippen molar-refractivity contribution in [3.63, 3.8) is 0 Å². The van der Waals surface area contributed by atoms with E-state index in [9.17, 15) is 13.2 Å². The molecule has 0 aliphatic carbocycles. The van der Waals surface area contributed by atoms with Crippen molar-refractivity contribution < 1.29 is 27.4 Å². The van der Waals surface area contributed by atoms with Gasteiger partial charge in [-0.3, -0.25) is 9.10 Å². The Hall–Kier alpha value is -3.72. The molecule has 0 aliphatic heterocycles. The van der Waals surface area contributed by atoms with Crippen LogP contribution in [0, 0.1) is 6.92 Å². The van der Waals surface area contributed by atoms with Crippen LogP contribution in [0.15, 0.2) is 71.6 Å². The maximum atomic E-state index is 13.7. The monoisotopic (exact) mass is 498 g/mol. The molecule has 0 saturated carbocycles. The number of para-hydroxylation sites is 1. The lowest BCUT2D eigenvalue weighted by Gasteiger charge is -2.27. The van der Waals surface area contributed by atoms with Crippen molar-refractivity contribution in [1.82, 2.24) is 4.90 Å². The van der Waals surface area contributed by atoms with E-state index in [0.29, 0.717) is 17.2 Å². The quantitative estimate of drug-likeness (QED) is 0.422. The Morgan fingerprint density at radius 1 is 0.829 bits per heavy atom. The first kappa shape index (κ1) is 25.9. The minimum atomic E-state index is -4.11. The first-order valence-electron chi connectivity index (χ1n) is 10.9. The molecular weight excluding hydrogens is 468 g/mol. The van der Waals surface area contributed by atoms with E-state index in [2.05, 4.69) is 0 Å². The minimum absolute atomic E-state index is 0.0177. The number of amides is 1. The number of nitrogens with zero attached hydrogens (tertiary/aromatic N) is 2. The highest BCUT2D eigenvalue weighted by molar-refractivity contribution is 7.92. The number of hydrogen-bond acceptors (Lipinski definition) is 6. The van der Waals surface area contributed by atoms with Crippen LogP contribution in [-0.2, 0) is 21.4 Å². The van der Waals surface area contributed by atoms with Gasteiger partial charge in [-0.25, -0.2) is 8.42 Å². The van der Waals surface area contributed by atoms with Crippen molar-refractivity contribution >= 4 is 21.6 Å². The fraction of sp³-hybridized carbons (Fsp3) is 0.269. The largest absolute Gasteiger partial charge is 0.496 e. The van der Waals surface area contributed by atoms with Gasteiger partial charge in [0, 0.05) is 25.2 Å². The van der Waals surface area contributed by atoms with Gasteiger partial charge in [0.2, 0.25) is 5.91 Å². The van der Waals surface area contributed by atoms with Crippen molar-refractivity contribution in [2.45, 2.75) is 18.4 Å². The molecule has 0 spiro atoms. The molecule has 35 heavy (non-hydrogen) atoms. The van der Waals surface area contributed by atoms with Crippen LogP contribution in [0.1, 0.15) is 11.1 Å². The number of hydrogen-bond donors (Lipinski definition) is 0. The van der Waals surface area contributed by atoms with E-state index in [1.165, 1.54) is 37.3 Å². The number of benzene rings is 3. The Labute approximate surface area is 206 Å². The lowest BCUT2D eigenvalue weighted by molar-refractivity contribution is -0.128. The molecule has 0 fully saturated rings. The summed E-state index contributed by atoms with van der Waals surface area (Å²) >= 11 is 0.